The average molecular weight is 859 g/mol. The second kappa shape index (κ2) is 16.5. The molecule has 7 rings (SSSR count). The van der Waals surface area contributed by atoms with Crippen molar-refractivity contribution in [1.82, 2.24) is 5.32 Å². The maximum Gasteiger partial charge on any atom is 0.338 e. The molecule has 0 unspecified atom stereocenters. The highest BCUT2D eigenvalue weighted by Gasteiger charge is 2.78. The number of aliphatic hydroxyl groups excluding tert-OH is 2. The molecule has 15 nitrogen and oxygen atoms in total. The van der Waals surface area contributed by atoms with Crippen LogP contribution in [0, 0.1) is 16.7 Å². The second-order valence-electron chi connectivity index (χ2n) is 17.0. The molecule has 1 amide bonds. The first-order valence-electron chi connectivity index (χ1n) is 22.6. The number of fused-ring (bicyclic) bond motifs is 5. The molecule has 11 atom stereocenters. The van der Waals surface area contributed by atoms with Gasteiger partial charge in [0.25, 0.3) is 5.91 Å². The number of ketones is 1. The molecule has 3 aromatic rings. The predicted octanol–water partition coefficient (Wildman–Crippen LogP) is 3.74. The first-order valence-corrected chi connectivity index (χ1v) is 20.1. The van der Waals surface area contributed by atoms with E-state index in [-0.39, 0.29) is 23.1 Å². The lowest BCUT2D eigenvalue weighted by Crippen LogP contribution is -2.82. The molecule has 3 aliphatic carbocycles. The van der Waals surface area contributed by atoms with Crippen molar-refractivity contribution in [1.29, 1.82) is 0 Å². The molecule has 1 aliphatic heterocycles. The van der Waals surface area contributed by atoms with Gasteiger partial charge in [-0.15, -0.1) is 0 Å². The molecule has 0 spiro atoms. The van der Waals surface area contributed by atoms with Crippen LogP contribution in [0.2, 0.25) is 0 Å². The number of hydrogen-bond donors (Lipinski definition) is 4. The zero-order valence-corrected chi connectivity index (χ0v) is 34.8. The molecule has 3 aromatic carbocycles. The highest BCUT2D eigenvalue weighted by molar-refractivity contribution is 5.96. The van der Waals surface area contributed by atoms with Gasteiger partial charge in [0.15, 0.2) is 23.6 Å². The zero-order chi connectivity index (χ0) is 49.3. The van der Waals surface area contributed by atoms with Crippen molar-refractivity contribution in [3.63, 3.8) is 0 Å². The number of carbonyl (C=O) groups is 6. The van der Waals surface area contributed by atoms with Crippen molar-refractivity contribution in [2.45, 2.75) is 108 Å². The van der Waals surface area contributed by atoms with E-state index in [0.29, 0.717) is 5.56 Å². The van der Waals surface area contributed by atoms with Gasteiger partial charge in [0, 0.05) is 37.7 Å². The smallest absolute Gasteiger partial charge is 0.338 e. The number of aliphatic hydroxyl groups is 3. The summed E-state index contributed by atoms with van der Waals surface area (Å²) in [4.78, 5) is 84.2. The molecule has 0 radical (unpaired) electrons. The Hall–Kier alpha value is -5.74. The van der Waals surface area contributed by atoms with Gasteiger partial charge in [0.1, 0.15) is 23.9 Å². The van der Waals surface area contributed by atoms with E-state index in [9.17, 15) is 39.3 Å². The SMILES string of the molecule is [2H]c1c([2H])c([2H])c(C(=O)O[C@@H]2[C@H]3[C@@]4(OC(C)=O)CO[C@H]4C[C@@H](O)[C@]3(C)C(=O)[C@@H](OC(C)=O)C3=C(C)[C@H](OC(=O)[C@@H](O)[C@H](NC(=O)c4ccccc4)c4ccccc4)C[C@@]2(O)C3(C)C)c([2H])c1[2H]. The number of Topliss-reactive ketones (excluding diaryl/α,β-unsaturated/α-hetero) is 1. The van der Waals surface area contributed by atoms with Crippen LogP contribution in [-0.4, -0.2) is 105 Å². The first kappa shape index (κ1) is 38.0. The molecule has 4 aliphatic rings. The van der Waals surface area contributed by atoms with Gasteiger partial charge < -0.3 is 44.3 Å². The summed E-state index contributed by atoms with van der Waals surface area (Å²) >= 11 is 0. The van der Waals surface area contributed by atoms with Crippen LogP contribution in [0.4, 0.5) is 0 Å². The number of benzene rings is 3. The highest BCUT2D eigenvalue weighted by atomic mass is 16.6. The van der Waals surface area contributed by atoms with Crippen LogP contribution >= 0.6 is 0 Å². The van der Waals surface area contributed by atoms with E-state index in [1.807, 2.05) is 0 Å². The Morgan fingerprint density at radius 1 is 0.887 bits per heavy atom. The van der Waals surface area contributed by atoms with Gasteiger partial charge in [-0.2, -0.15) is 0 Å². The van der Waals surface area contributed by atoms with Crippen molar-refractivity contribution < 1.29 is 74.6 Å². The molecule has 2 saturated carbocycles. The summed E-state index contributed by atoms with van der Waals surface area (Å²) in [5.41, 5.74) is -9.39. The van der Waals surface area contributed by atoms with E-state index < -0.39 is 155 Å². The van der Waals surface area contributed by atoms with Crippen molar-refractivity contribution in [2.24, 2.45) is 16.7 Å². The summed E-state index contributed by atoms with van der Waals surface area (Å²) < 4.78 is 71.8. The maximum absolute atomic E-state index is 15.6. The van der Waals surface area contributed by atoms with Crippen LogP contribution in [0.15, 0.2) is 102 Å². The summed E-state index contributed by atoms with van der Waals surface area (Å²) in [6.07, 6.45) is -12.0. The standard InChI is InChI=1S/C47H51NO14/c1-25-31(60-43(56)36(52)35(28-16-10-7-11-17-28)48-41(54)29-18-12-8-13-19-29)23-47(57)40(61-42(55)30-20-14-9-15-21-30)38-45(6,32(51)22-33-46(38,24-58-33)62-27(3)50)39(53)37(59-26(2)49)34(25)44(47,4)5/h7-21,31-33,35-38,40,51-52,57H,22-24H2,1-6H3,(H,48,54)/t31-,32-,33+,35-,36+,37+,38-,40-,45+,46-,47+/m1/s1/i9D,14D,15D,20D,21D. The number of amides is 1. The topological polar surface area (TPSA) is 221 Å². The van der Waals surface area contributed by atoms with Gasteiger partial charge in [0.05, 0.1) is 42.5 Å². The van der Waals surface area contributed by atoms with Crippen LogP contribution in [0.1, 0.15) is 93.6 Å². The van der Waals surface area contributed by atoms with Gasteiger partial charge in [-0.05, 0) is 54.8 Å². The van der Waals surface area contributed by atoms with Crippen LogP contribution in [0.25, 0.3) is 0 Å². The Morgan fingerprint density at radius 2 is 1.52 bits per heavy atom. The van der Waals surface area contributed by atoms with E-state index in [4.69, 9.17) is 30.5 Å². The van der Waals surface area contributed by atoms with Crippen molar-refractivity contribution in [3.05, 3.63) is 119 Å². The monoisotopic (exact) mass is 858 g/mol. The average Bonchev–Trinajstić information content (AvgIpc) is 3.27. The second-order valence-corrected chi connectivity index (χ2v) is 17.0. The van der Waals surface area contributed by atoms with Gasteiger partial charge in [0.2, 0.25) is 0 Å². The summed E-state index contributed by atoms with van der Waals surface area (Å²) in [6, 6.07) is 10.00. The Labute approximate surface area is 365 Å². The van der Waals surface area contributed by atoms with Crippen LogP contribution in [0.3, 0.4) is 0 Å². The van der Waals surface area contributed by atoms with Gasteiger partial charge in [-0.1, -0.05) is 80.5 Å². The highest BCUT2D eigenvalue weighted by Crippen LogP contribution is 2.64. The molecule has 1 saturated heterocycles. The lowest BCUT2D eigenvalue weighted by molar-refractivity contribution is -0.346. The Kier molecular flexibility index (Phi) is 10.1. The maximum atomic E-state index is 15.6. The third-order valence-electron chi connectivity index (χ3n) is 13.2. The van der Waals surface area contributed by atoms with E-state index in [1.165, 1.54) is 39.8 Å². The molecule has 15 heteroatoms. The minimum atomic E-state index is -2.67. The van der Waals surface area contributed by atoms with Crippen molar-refractivity contribution in [2.75, 3.05) is 6.61 Å². The number of carbonyl (C=O) groups excluding carboxylic acids is 6. The molecule has 3 fully saturated rings. The fourth-order valence-electron chi connectivity index (χ4n) is 9.95. The minimum Gasteiger partial charge on any atom is -0.456 e. The van der Waals surface area contributed by atoms with E-state index >= 15 is 4.79 Å². The van der Waals surface area contributed by atoms with Gasteiger partial charge in [-0.3, -0.25) is 19.2 Å². The third kappa shape index (κ3) is 7.29. The molecule has 2 bridgehead atoms. The molecule has 0 aromatic heterocycles. The fraction of sp³-hybridized carbons (Fsp3) is 0.447. The van der Waals surface area contributed by atoms with Gasteiger partial charge in [-0.25, -0.2) is 9.59 Å². The third-order valence-corrected chi connectivity index (χ3v) is 13.2. The lowest BCUT2D eigenvalue weighted by atomic mass is 9.44. The minimum absolute atomic E-state index is 0.0435. The van der Waals surface area contributed by atoms with Crippen LogP contribution in [-0.2, 0) is 42.9 Å². The van der Waals surface area contributed by atoms with E-state index in [0.717, 1.165) is 13.8 Å². The fourth-order valence-corrected chi connectivity index (χ4v) is 9.95. The van der Waals surface area contributed by atoms with Crippen LogP contribution < -0.4 is 5.32 Å². The summed E-state index contributed by atoms with van der Waals surface area (Å²) in [7, 11) is 0. The van der Waals surface area contributed by atoms with Crippen molar-refractivity contribution >= 4 is 35.6 Å². The first-order chi connectivity index (χ1) is 31.3. The lowest BCUT2D eigenvalue weighted by Gasteiger charge is -2.67. The molecular weight excluding hydrogens is 803 g/mol. The molecular formula is C47H51NO14. The summed E-state index contributed by atoms with van der Waals surface area (Å²) in [5.74, 6) is -8.30. The van der Waals surface area contributed by atoms with Crippen LogP contribution in [0.5, 0.6) is 0 Å². The summed E-state index contributed by atoms with van der Waals surface area (Å²) in [6.45, 7) is 7.14. The molecule has 328 valence electrons. The van der Waals surface area contributed by atoms with E-state index in [2.05, 4.69) is 5.32 Å². The Balaban J connectivity index is 1.43. The zero-order valence-electron chi connectivity index (χ0n) is 39.8. The molecule has 1 heterocycles. The van der Waals surface area contributed by atoms with Gasteiger partial charge >= 0.3 is 23.9 Å². The quantitative estimate of drug-likeness (QED) is 0.130. The predicted molar refractivity (Wildman–Crippen MR) is 218 cm³/mol. The number of esters is 4. The Bertz CT molecular complexity index is 2550. The number of nitrogens with one attached hydrogen (secondary N) is 1. The largest absolute Gasteiger partial charge is 0.456 e. The number of hydrogen-bond acceptors (Lipinski definition) is 14. The van der Waals surface area contributed by atoms with E-state index in [1.54, 1.807) is 48.5 Å². The van der Waals surface area contributed by atoms with Crippen molar-refractivity contribution in [3.8, 4) is 0 Å². The Morgan fingerprint density at radius 3 is 2.10 bits per heavy atom. The number of ether oxygens (including phenoxy) is 5. The summed E-state index contributed by atoms with van der Waals surface area (Å²) in [5, 5.41) is 40.4. The molecule has 62 heavy (non-hydrogen) atoms. The molecule has 4 N–H and O–H groups in total. The normalized spacial score (nSPS) is 33.0. The number of rotatable bonds is 10.